The number of amides is 1. The largest absolute Gasteiger partial charge is 0.341 e. The lowest BCUT2D eigenvalue weighted by Crippen LogP contribution is -2.36. The van der Waals surface area contributed by atoms with Gasteiger partial charge in [-0.15, -0.1) is 0 Å². The predicted octanol–water partition coefficient (Wildman–Crippen LogP) is 3.49. The normalized spacial score (nSPS) is 16.3. The van der Waals surface area contributed by atoms with Crippen molar-refractivity contribution in [3.8, 4) is 0 Å². The summed E-state index contributed by atoms with van der Waals surface area (Å²) in [4.78, 5) is 13.8. The number of rotatable bonds is 5. The summed E-state index contributed by atoms with van der Waals surface area (Å²) in [6.45, 7) is 3.21. The first-order valence-electron chi connectivity index (χ1n) is 7.09. The van der Waals surface area contributed by atoms with E-state index in [1.165, 1.54) is 6.42 Å². The molecule has 0 bridgehead atoms. The van der Waals surface area contributed by atoms with E-state index in [1.54, 1.807) is 6.07 Å². The van der Waals surface area contributed by atoms with Crippen LogP contribution >= 0.6 is 23.2 Å². The summed E-state index contributed by atoms with van der Waals surface area (Å²) in [6.07, 6.45) is 4.02. The second-order valence-electron chi connectivity index (χ2n) is 5.12. The van der Waals surface area contributed by atoms with Crippen LogP contribution in [0.4, 0.5) is 0 Å². The first-order valence-corrected chi connectivity index (χ1v) is 7.85. The van der Waals surface area contributed by atoms with Crippen molar-refractivity contribution in [2.45, 2.75) is 32.2 Å². The van der Waals surface area contributed by atoms with Crippen LogP contribution < -0.4 is 5.32 Å². The zero-order valence-corrected chi connectivity index (χ0v) is 13.0. The van der Waals surface area contributed by atoms with Crippen molar-refractivity contribution in [2.75, 3.05) is 19.6 Å². The summed E-state index contributed by atoms with van der Waals surface area (Å²) in [5.74, 6) is 0.291. The first-order chi connectivity index (χ1) is 9.66. The average Bonchev–Trinajstić information content (AvgIpc) is 2.64. The molecule has 1 heterocycles. The first kappa shape index (κ1) is 15.6. The minimum Gasteiger partial charge on any atom is -0.341 e. The lowest BCUT2D eigenvalue weighted by Gasteiger charge is -2.20. The second-order valence-corrected chi connectivity index (χ2v) is 5.93. The Labute approximate surface area is 130 Å². The van der Waals surface area contributed by atoms with Gasteiger partial charge < -0.3 is 10.2 Å². The van der Waals surface area contributed by atoms with Crippen molar-refractivity contribution in [2.24, 2.45) is 0 Å². The Morgan fingerprint density at radius 2 is 2.00 bits per heavy atom. The molecule has 0 unspecified atom stereocenters. The van der Waals surface area contributed by atoms with Gasteiger partial charge in [-0.25, -0.2) is 0 Å². The summed E-state index contributed by atoms with van der Waals surface area (Å²) in [6, 6.07) is 5.63. The molecule has 2 rings (SSSR count). The second kappa shape index (κ2) is 7.87. The zero-order valence-electron chi connectivity index (χ0n) is 11.5. The number of halogens is 2. The van der Waals surface area contributed by atoms with Crippen LogP contribution in [0.5, 0.6) is 0 Å². The Kier molecular flexibility index (Phi) is 6.14. The molecule has 1 aliphatic rings. The van der Waals surface area contributed by atoms with Crippen molar-refractivity contribution in [1.82, 2.24) is 10.2 Å². The zero-order chi connectivity index (χ0) is 14.4. The van der Waals surface area contributed by atoms with Crippen LogP contribution in [0.3, 0.4) is 0 Å². The van der Waals surface area contributed by atoms with Crippen molar-refractivity contribution >= 4 is 29.1 Å². The van der Waals surface area contributed by atoms with Crippen LogP contribution in [-0.2, 0) is 11.3 Å². The smallest absolute Gasteiger partial charge is 0.222 e. The summed E-state index contributed by atoms with van der Waals surface area (Å²) in [5, 5.41) is 4.49. The van der Waals surface area contributed by atoms with E-state index in [2.05, 4.69) is 5.32 Å². The van der Waals surface area contributed by atoms with Gasteiger partial charge in [0.05, 0.1) is 10.0 Å². The third kappa shape index (κ3) is 4.65. The number of nitrogens with zero attached hydrogens (tertiary/aromatic N) is 1. The van der Waals surface area contributed by atoms with Crippen molar-refractivity contribution < 1.29 is 4.79 Å². The Hall–Kier alpha value is -0.770. The molecule has 0 aromatic heterocycles. The van der Waals surface area contributed by atoms with E-state index in [9.17, 15) is 4.79 Å². The van der Waals surface area contributed by atoms with E-state index in [0.717, 1.165) is 44.6 Å². The Balaban J connectivity index is 1.72. The number of carbonyl (C=O) groups is 1. The molecule has 1 N–H and O–H groups in total. The molecule has 0 aliphatic carbocycles. The van der Waals surface area contributed by atoms with Crippen LogP contribution in [0.1, 0.15) is 31.2 Å². The molecule has 1 aromatic carbocycles. The molecule has 1 aromatic rings. The summed E-state index contributed by atoms with van der Waals surface area (Å²) >= 11 is 11.9. The van der Waals surface area contributed by atoms with E-state index in [4.69, 9.17) is 23.2 Å². The van der Waals surface area contributed by atoms with Crippen LogP contribution in [0.2, 0.25) is 10.0 Å². The SMILES string of the molecule is O=C1CCCCCN1CCNCc1ccc(Cl)c(Cl)c1. The topological polar surface area (TPSA) is 32.3 Å². The fraction of sp³-hybridized carbons (Fsp3) is 0.533. The summed E-state index contributed by atoms with van der Waals surface area (Å²) in [5.41, 5.74) is 1.10. The van der Waals surface area contributed by atoms with Gasteiger partial charge in [0.2, 0.25) is 5.91 Å². The van der Waals surface area contributed by atoms with Crippen molar-refractivity contribution in [3.05, 3.63) is 33.8 Å². The molecule has 1 saturated heterocycles. The molecular weight excluding hydrogens is 295 g/mol. The monoisotopic (exact) mass is 314 g/mol. The lowest BCUT2D eigenvalue weighted by atomic mass is 10.2. The molecule has 0 spiro atoms. The van der Waals surface area contributed by atoms with Crippen LogP contribution in [0.25, 0.3) is 0 Å². The standard InChI is InChI=1S/C15H20Cl2N2O/c16-13-6-5-12(10-14(13)17)11-18-7-9-19-8-3-1-2-4-15(19)20/h5-6,10,18H,1-4,7-9,11H2. The highest BCUT2D eigenvalue weighted by molar-refractivity contribution is 6.42. The Morgan fingerprint density at radius 1 is 1.15 bits per heavy atom. The van der Waals surface area contributed by atoms with Gasteiger partial charge in [0, 0.05) is 32.6 Å². The quantitative estimate of drug-likeness (QED) is 0.844. The van der Waals surface area contributed by atoms with E-state index >= 15 is 0 Å². The minimum atomic E-state index is 0.291. The van der Waals surface area contributed by atoms with Crippen LogP contribution in [0.15, 0.2) is 18.2 Å². The maximum atomic E-state index is 11.8. The molecule has 1 aliphatic heterocycles. The Morgan fingerprint density at radius 3 is 2.80 bits per heavy atom. The van der Waals surface area contributed by atoms with E-state index in [-0.39, 0.29) is 0 Å². The molecule has 0 atom stereocenters. The summed E-state index contributed by atoms with van der Waals surface area (Å²) < 4.78 is 0. The van der Waals surface area contributed by atoms with Gasteiger partial charge in [-0.2, -0.15) is 0 Å². The molecule has 1 amide bonds. The molecule has 20 heavy (non-hydrogen) atoms. The molecule has 0 radical (unpaired) electrons. The molecule has 110 valence electrons. The number of nitrogens with one attached hydrogen (secondary N) is 1. The molecule has 0 saturated carbocycles. The maximum absolute atomic E-state index is 11.8. The molecule has 1 fully saturated rings. The van der Waals surface area contributed by atoms with E-state index in [1.807, 2.05) is 17.0 Å². The third-order valence-electron chi connectivity index (χ3n) is 3.54. The highest BCUT2D eigenvalue weighted by atomic mass is 35.5. The number of likely N-dealkylation sites (tertiary alicyclic amines) is 1. The van der Waals surface area contributed by atoms with E-state index < -0.39 is 0 Å². The predicted molar refractivity (Wildman–Crippen MR) is 83.2 cm³/mol. The number of benzene rings is 1. The Bertz CT molecular complexity index is 465. The average molecular weight is 315 g/mol. The number of hydrogen-bond donors (Lipinski definition) is 1. The molecule has 5 heteroatoms. The van der Waals surface area contributed by atoms with Crippen LogP contribution in [0, 0.1) is 0 Å². The van der Waals surface area contributed by atoms with Gasteiger partial charge in [0.1, 0.15) is 0 Å². The van der Waals surface area contributed by atoms with Gasteiger partial charge in [-0.3, -0.25) is 4.79 Å². The van der Waals surface area contributed by atoms with Crippen molar-refractivity contribution in [1.29, 1.82) is 0 Å². The van der Waals surface area contributed by atoms with Gasteiger partial charge in [-0.1, -0.05) is 35.7 Å². The fourth-order valence-electron chi connectivity index (χ4n) is 2.37. The van der Waals surface area contributed by atoms with Gasteiger partial charge >= 0.3 is 0 Å². The van der Waals surface area contributed by atoms with Crippen molar-refractivity contribution in [3.63, 3.8) is 0 Å². The summed E-state index contributed by atoms with van der Waals surface area (Å²) in [7, 11) is 0. The lowest BCUT2D eigenvalue weighted by molar-refractivity contribution is -0.130. The van der Waals surface area contributed by atoms with Crippen LogP contribution in [-0.4, -0.2) is 30.4 Å². The van der Waals surface area contributed by atoms with E-state index in [0.29, 0.717) is 22.4 Å². The highest BCUT2D eigenvalue weighted by Gasteiger charge is 2.15. The number of hydrogen-bond acceptors (Lipinski definition) is 2. The molecule has 3 nitrogen and oxygen atoms in total. The molecular formula is C15H20Cl2N2O. The highest BCUT2D eigenvalue weighted by Crippen LogP contribution is 2.22. The number of carbonyl (C=O) groups excluding carboxylic acids is 1. The van der Waals surface area contributed by atoms with Gasteiger partial charge in [0.25, 0.3) is 0 Å². The van der Waals surface area contributed by atoms with Gasteiger partial charge in [-0.05, 0) is 30.5 Å². The minimum absolute atomic E-state index is 0.291. The maximum Gasteiger partial charge on any atom is 0.222 e. The third-order valence-corrected chi connectivity index (χ3v) is 4.28. The van der Waals surface area contributed by atoms with Gasteiger partial charge in [0.15, 0.2) is 0 Å². The fourth-order valence-corrected chi connectivity index (χ4v) is 2.69.